The third-order valence-corrected chi connectivity index (χ3v) is 2.75. The minimum atomic E-state index is -0.544. The highest BCUT2D eigenvalue weighted by atomic mass is 19.1. The Bertz CT molecular complexity index is 654. The number of carbonyl (C=O) groups is 1. The molecule has 19 heavy (non-hydrogen) atoms. The molecule has 6 nitrogen and oxygen atoms in total. The van der Waals surface area contributed by atoms with Crippen LogP contribution in [0.1, 0.15) is 23.1 Å². The topological polar surface area (TPSA) is 66.2 Å². The van der Waals surface area contributed by atoms with Crippen LogP contribution in [0.5, 0.6) is 5.75 Å². The van der Waals surface area contributed by atoms with Gasteiger partial charge >= 0.3 is 5.97 Å². The minimum Gasteiger partial charge on any atom is -0.485 e. The minimum absolute atomic E-state index is 0.0948. The number of nitrogens with zero attached hydrogens (tertiary/aromatic N) is 3. The lowest BCUT2D eigenvalue weighted by Gasteiger charge is -2.18. The number of rotatable bonds is 2. The van der Waals surface area contributed by atoms with Gasteiger partial charge in [-0.25, -0.2) is 13.9 Å². The third kappa shape index (κ3) is 1.83. The van der Waals surface area contributed by atoms with Gasteiger partial charge in [-0.1, -0.05) is 5.21 Å². The number of ether oxygens (including phenoxy) is 2. The zero-order chi connectivity index (χ0) is 13.4. The summed E-state index contributed by atoms with van der Waals surface area (Å²) in [6.45, 7) is 2.06. The Kier molecular flexibility index (Phi) is 2.66. The van der Waals surface area contributed by atoms with Gasteiger partial charge < -0.3 is 9.47 Å². The van der Waals surface area contributed by atoms with Crippen molar-refractivity contribution in [2.75, 3.05) is 6.61 Å². The van der Waals surface area contributed by atoms with Gasteiger partial charge in [-0.3, -0.25) is 0 Å². The van der Waals surface area contributed by atoms with Crippen molar-refractivity contribution in [2.45, 2.75) is 13.5 Å². The fourth-order valence-corrected chi connectivity index (χ4v) is 1.91. The van der Waals surface area contributed by atoms with Gasteiger partial charge in [0, 0.05) is 6.07 Å². The summed E-state index contributed by atoms with van der Waals surface area (Å²) in [6.07, 6.45) is 0. The Labute approximate surface area is 107 Å². The van der Waals surface area contributed by atoms with E-state index in [4.69, 9.17) is 9.47 Å². The van der Waals surface area contributed by atoms with Crippen LogP contribution < -0.4 is 4.74 Å². The van der Waals surface area contributed by atoms with Crippen molar-refractivity contribution < 1.29 is 18.7 Å². The number of benzene rings is 1. The summed E-state index contributed by atoms with van der Waals surface area (Å²) in [5.41, 5.74) is 1.17. The third-order valence-electron chi connectivity index (χ3n) is 2.75. The van der Waals surface area contributed by atoms with Gasteiger partial charge in [-0.05, 0) is 19.1 Å². The maximum atomic E-state index is 13.1. The van der Waals surface area contributed by atoms with E-state index in [9.17, 15) is 9.18 Å². The van der Waals surface area contributed by atoms with Crippen LogP contribution >= 0.6 is 0 Å². The van der Waals surface area contributed by atoms with Gasteiger partial charge in [0.25, 0.3) is 0 Å². The summed E-state index contributed by atoms with van der Waals surface area (Å²) in [7, 11) is 0. The molecule has 0 unspecified atom stereocenters. The van der Waals surface area contributed by atoms with Crippen LogP contribution in [0.15, 0.2) is 18.2 Å². The molecule has 1 aromatic carbocycles. The van der Waals surface area contributed by atoms with Gasteiger partial charge in [0.1, 0.15) is 29.6 Å². The molecule has 98 valence electrons. The molecule has 0 fully saturated rings. The molecule has 0 spiro atoms. The SMILES string of the molecule is CCOC(=O)c1nnn2c1COc1cc(F)ccc1-2. The van der Waals surface area contributed by atoms with Crippen LogP contribution in [0.3, 0.4) is 0 Å². The van der Waals surface area contributed by atoms with E-state index < -0.39 is 11.8 Å². The Morgan fingerprint density at radius 1 is 1.58 bits per heavy atom. The van der Waals surface area contributed by atoms with E-state index in [0.717, 1.165) is 0 Å². The highest BCUT2D eigenvalue weighted by Crippen LogP contribution is 2.30. The molecule has 0 saturated carbocycles. The molecule has 1 aromatic heterocycles. The summed E-state index contributed by atoms with van der Waals surface area (Å²) in [5, 5.41) is 7.70. The number of carbonyl (C=O) groups excluding carboxylic acids is 1. The van der Waals surface area contributed by atoms with Crippen LogP contribution in [0, 0.1) is 5.82 Å². The Morgan fingerprint density at radius 3 is 3.21 bits per heavy atom. The van der Waals surface area contributed by atoms with Crippen molar-refractivity contribution >= 4 is 5.97 Å². The van der Waals surface area contributed by atoms with E-state index in [1.807, 2.05) is 0 Å². The molecule has 2 aromatic rings. The molecule has 0 bridgehead atoms. The first-order valence-corrected chi connectivity index (χ1v) is 5.75. The predicted molar refractivity (Wildman–Crippen MR) is 61.6 cm³/mol. The number of hydrogen-bond donors (Lipinski definition) is 0. The highest BCUT2D eigenvalue weighted by Gasteiger charge is 2.27. The van der Waals surface area contributed by atoms with Gasteiger partial charge in [0.15, 0.2) is 5.69 Å². The lowest BCUT2D eigenvalue weighted by molar-refractivity contribution is 0.0516. The fourth-order valence-electron chi connectivity index (χ4n) is 1.91. The summed E-state index contributed by atoms with van der Waals surface area (Å²) in [4.78, 5) is 11.7. The van der Waals surface area contributed by atoms with Crippen molar-refractivity contribution in [1.29, 1.82) is 0 Å². The summed E-state index contributed by atoms with van der Waals surface area (Å²) < 4.78 is 24.9. The second-order valence-electron chi connectivity index (χ2n) is 3.92. The average molecular weight is 263 g/mol. The molecular formula is C12H10FN3O3. The molecule has 3 rings (SSSR count). The molecule has 0 radical (unpaired) electrons. The van der Waals surface area contributed by atoms with Crippen molar-refractivity contribution in [1.82, 2.24) is 15.0 Å². The van der Waals surface area contributed by atoms with Crippen LogP contribution in [-0.2, 0) is 11.3 Å². The maximum absolute atomic E-state index is 13.1. The van der Waals surface area contributed by atoms with Crippen LogP contribution in [0.4, 0.5) is 4.39 Å². The van der Waals surface area contributed by atoms with Crippen LogP contribution in [0.2, 0.25) is 0 Å². The average Bonchev–Trinajstić information content (AvgIpc) is 2.82. The monoisotopic (exact) mass is 263 g/mol. The van der Waals surface area contributed by atoms with Gasteiger partial charge in [0.05, 0.1) is 6.61 Å². The zero-order valence-electron chi connectivity index (χ0n) is 10.1. The van der Waals surface area contributed by atoms with Crippen LogP contribution in [0.25, 0.3) is 5.69 Å². The summed E-state index contributed by atoms with van der Waals surface area (Å²) in [5.74, 6) is -0.571. The largest absolute Gasteiger partial charge is 0.485 e. The number of aromatic nitrogens is 3. The first kappa shape index (κ1) is 11.6. The molecule has 2 heterocycles. The second kappa shape index (κ2) is 4.34. The number of fused-ring (bicyclic) bond motifs is 3. The molecule has 0 amide bonds. The molecular weight excluding hydrogens is 253 g/mol. The van der Waals surface area contributed by atoms with E-state index >= 15 is 0 Å². The summed E-state index contributed by atoms with van der Waals surface area (Å²) in [6, 6.07) is 4.09. The predicted octanol–water partition coefficient (Wildman–Crippen LogP) is 1.48. The lowest BCUT2D eigenvalue weighted by Crippen LogP contribution is -2.17. The van der Waals surface area contributed by atoms with Gasteiger partial charge in [-0.15, -0.1) is 5.10 Å². The van der Waals surface area contributed by atoms with Gasteiger partial charge in [0.2, 0.25) is 0 Å². The number of halogens is 1. The van der Waals surface area contributed by atoms with E-state index in [1.54, 1.807) is 6.92 Å². The van der Waals surface area contributed by atoms with Crippen LogP contribution in [-0.4, -0.2) is 27.6 Å². The van der Waals surface area contributed by atoms with E-state index in [1.165, 1.54) is 22.9 Å². The standard InChI is InChI=1S/C12H10FN3O3/c1-2-18-12(17)11-9-6-19-10-5-7(13)3-4-8(10)16(9)15-14-11/h3-5H,2,6H2,1H3. The molecule has 1 aliphatic rings. The van der Waals surface area contributed by atoms with Crippen molar-refractivity contribution in [3.8, 4) is 11.4 Å². The number of hydrogen-bond acceptors (Lipinski definition) is 5. The molecule has 0 N–H and O–H groups in total. The molecule has 0 saturated heterocycles. The first-order valence-electron chi connectivity index (χ1n) is 5.75. The maximum Gasteiger partial charge on any atom is 0.360 e. The van der Waals surface area contributed by atoms with Crippen molar-refractivity contribution in [3.63, 3.8) is 0 Å². The number of esters is 1. The second-order valence-corrected chi connectivity index (χ2v) is 3.92. The summed E-state index contributed by atoms with van der Waals surface area (Å²) >= 11 is 0. The highest BCUT2D eigenvalue weighted by molar-refractivity contribution is 5.88. The quantitative estimate of drug-likeness (QED) is 0.768. The first-order chi connectivity index (χ1) is 9.20. The smallest absolute Gasteiger partial charge is 0.360 e. The molecule has 1 aliphatic heterocycles. The van der Waals surface area contributed by atoms with E-state index in [-0.39, 0.29) is 18.9 Å². The Balaban J connectivity index is 2.07. The zero-order valence-corrected chi connectivity index (χ0v) is 10.1. The normalized spacial score (nSPS) is 12.3. The Hall–Kier alpha value is -2.44. The molecule has 7 heteroatoms. The van der Waals surface area contributed by atoms with E-state index in [0.29, 0.717) is 17.1 Å². The van der Waals surface area contributed by atoms with Crippen molar-refractivity contribution in [3.05, 3.63) is 35.4 Å². The fraction of sp³-hybridized carbons (Fsp3) is 0.250. The van der Waals surface area contributed by atoms with Crippen molar-refractivity contribution in [2.24, 2.45) is 0 Å². The lowest BCUT2D eigenvalue weighted by atomic mass is 10.2. The molecule has 0 aliphatic carbocycles. The van der Waals surface area contributed by atoms with E-state index in [2.05, 4.69) is 10.3 Å². The Morgan fingerprint density at radius 2 is 2.42 bits per heavy atom. The van der Waals surface area contributed by atoms with Gasteiger partial charge in [-0.2, -0.15) is 0 Å². The molecule has 0 atom stereocenters.